The van der Waals surface area contributed by atoms with E-state index in [0.717, 1.165) is 0 Å². The normalized spacial score (nSPS) is 10.7. The summed E-state index contributed by atoms with van der Waals surface area (Å²) >= 11 is 3.58. The van der Waals surface area contributed by atoms with E-state index in [-0.39, 0.29) is 0 Å². The molecule has 0 N–H and O–H groups in total. The van der Waals surface area contributed by atoms with E-state index in [1.807, 2.05) is 0 Å². The van der Waals surface area contributed by atoms with Crippen LogP contribution < -0.4 is 0 Å². The van der Waals surface area contributed by atoms with E-state index in [0.29, 0.717) is 0 Å². The molecule has 2 heterocycles. The first kappa shape index (κ1) is 13.5. The summed E-state index contributed by atoms with van der Waals surface area (Å²) in [7, 11) is 0. The van der Waals surface area contributed by atoms with E-state index in [1.165, 1.54) is 32.0 Å². The molecule has 0 amide bonds. The second-order valence-electron chi connectivity index (χ2n) is 5.12. The fraction of sp³-hybridized carbons (Fsp3) is 0. The lowest BCUT2D eigenvalue weighted by Gasteiger charge is -2.08. The Balaban J connectivity index is 1.91. The fourth-order valence-electron chi connectivity index (χ4n) is 2.60. The lowest BCUT2D eigenvalue weighted by molar-refractivity contribution is 1.61. The summed E-state index contributed by atoms with van der Waals surface area (Å²) in [5.41, 5.74) is 5.12. The molecule has 4 rings (SSSR count). The van der Waals surface area contributed by atoms with Crippen LogP contribution in [0, 0.1) is 0 Å². The van der Waals surface area contributed by atoms with E-state index >= 15 is 0 Å². The summed E-state index contributed by atoms with van der Waals surface area (Å²) in [6.45, 7) is 0. The van der Waals surface area contributed by atoms with Crippen LogP contribution in [0.5, 0.6) is 0 Å². The zero-order valence-corrected chi connectivity index (χ0v) is 13.5. The first-order valence-corrected chi connectivity index (χ1v) is 8.94. The van der Waals surface area contributed by atoms with Gasteiger partial charge in [-0.2, -0.15) is 0 Å². The molecule has 0 aliphatic rings. The average Bonchev–Trinajstić information content (AvgIpc) is 3.29. The second kappa shape index (κ2) is 5.91. The molecule has 4 aromatic rings. The molecule has 0 nitrogen and oxygen atoms in total. The Hall–Kier alpha value is -2.16. The zero-order chi connectivity index (χ0) is 14.8. The summed E-state index contributed by atoms with van der Waals surface area (Å²) < 4.78 is 0. The lowest BCUT2D eigenvalue weighted by Crippen LogP contribution is -1.83. The van der Waals surface area contributed by atoms with Crippen LogP contribution in [0.2, 0.25) is 0 Å². The maximum absolute atomic E-state index is 2.30. The third-order valence-electron chi connectivity index (χ3n) is 3.65. The van der Waals surface area contributed by atoms with Crippen molar-refractivity contribution in [3.63, 3.8) is 0 Å². The highest BCUT2D eigenvalue weighted by Crippen LogP contribution is 2.35. The number of rotatable bonds is 3. The van der Waals surface area contributed by atoms with Crippen LogP contribution in [0.3, 0.4) is 0 Å². The number of hydrogen-bond acceptors (Lipinski definition) is 2. The van der Waals surface area contributed by atoms with E-state index in [2.05, 4.69) is 83.6 Å². The van der Waals surface area contributed by atoms with Crippen molar-refractivity contribution >= 4 is 22.7 Å². The van der Waals surface area contributed by atoms with E-state index in [1.54, 1.807) is 22.7 Å². The van der Waals surface area contributed by atoms with Crippen molar-refractivity contribution in [1.29, 1.82) is 0 Å². The monoisotopic (exact) mass is 318 g/mol. The van der Waals surface area contributed by atoms with Crippen molar-refractivity contribution in [2.45, 2.75) is 0 Å². The van der Waals surface area contributed by atoms with Crippen LogP contribution in [0.1, 0.15) is 0 Å². The average molecular weight is 318 g/mol. The Morgan fingerprint density at radius 2 is 1.00 bits per heavy atom. The highest BCUT2D eigenvalue weighted by atomic mass is 32.1. The lowest BCUT2D eigenvalue weighted by atomic mass is 9.98. The molecule has 0 fully saturated rings. The number of benzene rings is 2. The first-order valence-electron chi connectivity index (χ1n) is 7.18. The van der Waals surface area contributed by atoms with Gasteiger partial charge in [0, 0.05) is 9.75 Å². The Morgan fingerprint density at radius 1 is 0.455 bits per heavy atom. The molecule has 0 atom stereocenters. The van der Waals surface area contributed by atoms with Gasteiger partial charge in [0.1, 0.15) is 0 Å². The molecule has 2 aromatic carbocycles. The van der Waals surface area contributed by atoms with Gasteiger partial charge >= 0.3 is 0 Å². The summed E-state index contributed by atoms with van der Waals surface area (Å²) in [5.74, 6) is 0. The van der Waals surface area contributed by atoms with Gasteiger partial charge in [-0.15, -0.1) is 22.7 Å². The minimum absolute atomic E-state index is 1.26. The van der Waals surface area contributed by atoms with Gasteiger partial charge in [-0.25, -0.2) is 0 Å². The molecule has 0 saturated carbocycles. The molecular weight excluding hydrogens is 304 g/mol. The predicted octanol–water partition coefficient (Wildman–Crippen LogP) is 6.81. The molecule has 0 unspecified atom stereocenters. The molecule has 0 aliphatic heterocycles. The quantitative estimate of drug-likeness (QED) is 0.389. The van der Waals surface area contributed by atoms with Crippen molar-refractivity contribution in [2.24, 2.45) is 0 Å². The molecule has 106 valence electrons. The Labute approximate surface area is 138 Å². The molecule has 2 heteroatoms. The predicted molar refractivity (Wildman–Crippen MR) is 98.5 cm³/mol. The van der Waals surface area contributed by atoms with Crippen LogP contribution in [-0.2, 0) is 0 Å². The summed E-state index contributed by atoms with van der Waals surface area (Å²) in [5, 5.41) is 4.27. The molecular formula is C20H14S2. The molecule has 0 spiro atoms. The Kier molecular flexibility index (Phi) is 3.63. The van der Waals surface area contributed by atoms with Gasteiger partial charge in [0.15, 0.2) is 0 Å². The maximum atomic E-state index is 2.30. The molecule has 22 heavy (non-hydrogen) atoms. The SMILES string of the molecule is c1ccc(-c2cc(-c3cccs3)cc(-c3cccs3)c2)cc1. The highest BCUT2D eigenvalue weighted by Gasteiger charge is 2.08. The van der Waals surface area contributed by atoms with Crippen LogP contribution >= 0.6 is 22.7 Å². The number of hydrogen-bond donors (Lipinski definition) is 0. The highest BCUT2D eigenvalue weighted by molar-refractivity contribution is 7.14. The minimum atomic E-state index is 1.26. The van der Waals surface area contributed by atoms with Crippen molar-refractivity contribution < 1.29 is 0 Å². The first-order chi connectivity index (χ1) is 10.9. The molecule has 0 saturated heterocycles. The van der Waals surface area contributed by atoms with Crippen LogP contribution in [0.4, 0.5) is 0 Å². The second-order valence-corrected chi connectivity index (χ2v) is 7.02. The summed E-state index contributed by atoms with van der Waals surface area (Å²) in [6, 6.07) is 26.1. The third-order valence-corrected chi connectivity index (χ3v) is 5.49. The van der Waals surface area contributed by atoms with Crippen molar-refractivity contribution in [1.82, 2.24) is 0 Å². The van der Waals surface area contributed by atoms with Crippen molar-refractivity contribution in [3.05, 3.63) is 83.6 Å². The molecule has 0 radical (unpaired) electrons. The topological polar surface area (TPSA) is 0 Å². The largest absolute Gasteiger partial charge is 0.144 e. The van der Waals surface area contributed by atoms with Crippen molar-refractivity contribution in [2.75, 3.05) is 0 Å². The van der Waals surface area contributed by atoms with Crippen LogP contribution in [-0.4, -0.2) is 0 Å². The smallest absolute Gasteiger partial charge is 0.0343 e. The fourth-order valence-corrected chi connectivity index (χ4v) is 4.02. The van der Waals surface area contributed by atoms with E-state index in [4.69, 9.17) is 0 Å². The molecule has 0 aliphatic carbocycles. The third kappa shape index (κ3) is 2.63. The zero-order valence-electron chi connectivity index (χ0n) is 11.9. The van der Waals surface area contributed by atoms with E-state index in [9.17, 15) is 0 Å². The van der Waals surface area contributed by atoms with Gasteiger partial charge in [-0.3, -0.25) is 0 Å². The maximum Gasteiger partial charge on any atom is 0.0343 e. The number of thiophene rings is 2. The Bertz CT molecular complexity index is 805. The molecule has 0 bridgehead atoms. The Morgan fingerprint density at radius 3 is 1.50 bits per heavy atom. The van der Waals surface area contributed by atoms with Gasteiger partial charge in [0.25, 0.3) is 0 Å². The van der Waals surface area contributed by atoms with Crippen molar-refractivity contribution in [3.8, 4) is 32.0 Å². The van der Waals surface area contributed by atoms with Gasteiger partial charge in [-0.05, 0) is 63.3 Å². The standard InChI is InChI=1S/C20H14S2/c1-2-6-15(7-3-1)16-12-17(19-8-4-10-21-19)14-18(13-16)20-9-5-11-22-20/h1-14H. The van der Waals surface area contributed by atoms with E-state index < -0.39 is 0 Å². The van der Waals surface area contributed by atoms with Gasteiger partial charge in [0.2, 0.25) is 0 Å². The van der Waals surface area contributed by atoms with Crippen LogP contribution in [0.15, 0.2) is 83.6 Å². The van der Waals surface area contributed by atoms with Gasteiger partial charge in [0.05, 0.1) is 0 Å². The summed E-state index contributed by atoms with van der Waals surface area (Å²) in [4.78, 5) is 2.63. The van der Waals surface area contributed by atoms with Gasteiger partial charge in [-0.1, -0.05) is 42.5 Å². The summed E-state index contributed by atoms with van der Waals surface area (Å²) in [6.07, 6.45) is 0. The van der Waals surface area contributed by atoms with Crippen LogP contribution in [0.25, 0.3) is 32.0 Å². The molecule has 2 aromatic heterocycles. The van der Waals surface area contributed by atoms with Gasteiger partial charge < -0.3 is 0 Å². The minimum Gasteiger partial charge on any atom is -0.144 e.